The summed E-state index contributed by atoms with van der Waals surface area (Å²) in [6.45, 7) is 7.79. The maximum absolute atomic E-state index is 14.0. The van der Waals surface area contributed by atoms with Crippen molar-refractivity contribution in [3.8, 4) is 11.9 Å². The Balaban J connectivity index is 1.30. The van der Waals surface area contributed by atoms with Crippen molar-refractivity contribution in [2.75, 3.05) is 75.8 Å². The number of halogens is 1. The Morgan fingerprint density at radius 2 is 1.62 bits per heavy atom. The zero-order chi connectivity index (χ0) is 39.8. The molecule has 0 radical (unpaired) electrons. The summed E-state index contributed by atoms with van der Waals surface area (Å²) in [7, 11) is 3.77. The van der Waals surface area contributed by atoms with Crippen LogP contribution < -0.4 is 25.5 Å². The van der Waals surface area contributed by atoms with E-state index in [4.69, 9.17) is 30.2 Å². The number of alkyl halides is 1. The topological polar surface area (TPSA) is 138 Å². The van der Waals surface area contributed by atoms with Gasteiger partial charge < -0.3 is 33.7 Å². The maximum atomic E-state index is 14.0. The lowest BCUT2D eigenvalue weighted by molar-refractivity contribution is 0.0468. The Morgan fingerprint density at radius 1 is 0.875 bits per heavy atom. The van der Waals surface area contributed by atoms with Gasteiger partial charge in [-0.05, 0) is 75.2 Å². The third-order valence-corrected chi connectivity index (χ3v) is 10.5. The number of unbranched alkanes of at least 4 members (excludes halogenated alkanes) is 3. The Hall–Kier alpha value is -5.35. The van der Waals surface area contributed by atoms with Crippen LogP contribution >= 0.6 is 11.6 Å². The first-order valence-corrected chi connectivity index (χ1v) is 19.6. The van der Waals surface area contributed by atoms with Gasteiger partial charge in [0.25, 0.3) is 11.8 Å². The fourth-order valence-corrected chi connectivity index (χ4v) is 7.42. The van der Waals surface area contributed by atoms with Crippen LogP contribution in [0.2, 0.25) is 0 Å². The molecule has 4 aromatic rings. The van der Waals surface area contributed by atoms with E-state index in [1.807, 2.05) is 43.3 Å². The standard InChI is InChI=1S/C43H48ClN5O7/c1-5-48(6-2)32-13-11-29-23-34(42(52)56-37(29)26-32)39-27-43(35-16-14-31(47(3)4)25-38(35)55-39)36-24-30(12-15-33(36)41(51)49(43)28-45)40(50)46-18-20-54-22-21-53-19-10-8-7-9-17-44/h11-16,23-27H,5-10,17-22H2,1-4H3,(H,46,50). The minimum atomic E-state index is -1.55. The van der Waals surface area contributed by atoms with Gasteiger partial charge in [-0.2, -0.15) is 5.26 Å². The quantitative estimate of drug-likeness (QED) is 0.0492. The molecule has 1 N–H and O–H groups in total. The van der Waals surface area contributed by atoms with Crippen LogP contribution in [0.15, 0.2) is 76.0 Å². The van der Waals surface area contributed by atoms with Gasteiger partial charge in [0.05, 0.1) is 19.8 Å². The minimum Gasteiger partial charge on any atom is -0.456 e. The summed E-state index contributed by atoms with van der Waals surface area (Å²) in [5, 5.41) is 14.2. The highest BCUT2D eigenvalue weighted by molar-refractivity contribution is 6.17. The molecule has 0 saturated heterocycles. The number of nitrogens with zero attached hydrogens (tertiary/aromatic N) is 4. The smallest absolute Gasteiger partial charge is 0.347 e. The Morgan fingerprint density at radius 3 is 2.36 bits per heavy atom. The molecule has 1 unspecified atom stereocenters. The summed E-state index contributed by atoms with van der Waals surface area (Å²) in [6.07, 6.45) is 7.90. The van der Waals surface area contributed by atoms with Gasteiger partial charge in [0, 0.05) is 97.4 Å². The second-order valence-electron chi connectivity index (χ2n) is 13.9. The van der Waals surface area contributed by atoms with Gasteiger partial charge in [0.2, 0.25) is 0 Å². The fourth-order valence-electron chi connectivity index (χ4n) is 7.23. The van der Waals surface area contributed by atoms with E-state index in [2.05, 4.69) is 30.3 Å². The first kappa shape index (κ1) is 40.3. The number of anilines is 2. The minimum absolute atomic E-state index is 0.111. The molecule has 56 heavy (non-hydrogen) atoms. The van der Waals surface area contributed by atoms with Crippen molar-refractivity contribution in [2.45, 2.75) is 45.1 Å². The summed E-state index contributed by atoms with van der Waals surface area (Å²) in [5.41, 5.74) is 1.51. The third kappa shape index (κ3) is 8.12. The van der Waals surface area contributed by atoms with Gasteiger partial charge in [-0.25, -0.2) is 9.69 Å². The molecule has 0 aliphatic carbocycles. The van der Waals surface area contributed by atoms with Crippen LogP contribution in [0.4, 0.5) is 11.4 Å². The van der Waals surface area contributed by atoms with E-state index in [1.54, 1.807) is 42.5 Å². The highest BCUT2D eigenvalue weighted by Crippen LogP contribution is 2.53. The molecule has 0 fully saturated rings. The number of nitriles is 1. The Labute approximate surface area is 332 Å². The van der Waals surface area contributed by atoms with Crippen molar-refractivity contribution in [1.82, 2.24) is 10.2 Å². The van der Waals surface area contributed by atoms with E-state index in [0.717, 1.165) is 55.0 Å². The molecule has 1 atom stereocenters. The Kier molecular flexibility index (Phi) is 13.0. The predicted molar refractivity (Wildman–Crippen MR) is 218 cm³/mol. The molecule has 2 aliphatic heterocycles. The second-order valence-corrected chi connectivity index (χ2v) is 14.3. The molecular formula is C43H48ClN5O7. The van der Waals surface area contributed by atoms with Crippen molar-refractivity contribution < 1.29 is 28.2 Å². The number of rotatable bonds is 18. The van der Waals surface area contributed by atoms with Crippen molar-refractivity contribution in [2.24, 2.45) is 0 Å². The van der Waals surface area contributed by atoms with Crippen LogP contribution in [-0.2, 0) is 15.0 Å². The van der Waals surface area contributed by atoms with Gasteiger partial charge in [-0.15, -0.1) is 11.6 Å². The molecule has 294 valence electrons. The molecule has 2 aliphatic rings. The van der Waals surface area contributed by atoms with E-state index in [0.29, 0.717) is 53.5 Å². The molecule has 3 heterocycles. The highest BCUT2D eigenvalue weighted by atomic mass is 35.5. The van der Waals surface area contributed by atoms with Gasteiger partial charge in [-0.1, -0.05) is 18.9 Å². The van der Waals surface area contributed by atoms with E-state index >= 15 is 0 Å². The molecule has 1 aromatic heterocycles. The molecule has 12 nitrogen and oxygen atoms in total. The number of benzene rings is 3. The number of hydrogen-bond donors (Lipinski definition) is 1. The first-order chi connectivity index (χ1) is 27.2. The summed E-state index contributed by atoms with van der Waals surface area (Å²) in [6, 6.07) is 17.6. The highest BCUT2D eigenvalue weighted by Gasteiger charge is 2.54. The molecule has 1 spiro atoms. The van der Waals surface area contributed by atoms with Crippen LogP contribution in [0.5, 0.6) is 5.75 Å². The number of ether oxygens (including phenoxy) is 3. The molecule has 2 amide bonds. The van der Waals surface area contributed by atoms with E-state index in [-0.39, 0.29) is 41.5 Å². The molecule has 0 saturated carbocycles. The zero-order valence-electron chi connectivity index (χ0n) is 32.4. The number of nitrogens with one attached hydrogen (secondary N) is 1. The molecular weight excluding hydrogens is 734 g/mol. The number of fused-ring (bicyclic) bond motifs is 5. The van der Waals surface area contributed by atoms with Gasteiger partial charge in [0.1, 0.15) is 28.2 Å². The van der Waals surface area contributed by atoms with Crippen molar-refractivity contribution in [1.29, 1.82) is 5.26 Å². The SMILES string of the molecule is CCN(CC)c1ccc2cc(C3=CC4(c5ccc(N(C)C)cc5O3)c3cc(C(=O)NCCOCCOCCCCCCCl)ccc3C(=O)N4C#N)c(=O)oc2c1. The monoisotopic (exact) mass is 781 g/mol. The number of amides is 2. The van der Waals surface area contributed by atoms with E-state index < -0.39 is 17.1 Å². The molecule has 6 rings (SSSR count). The Bertz CT molecular complexity index is 2210. The second kappa shape index (κ2) is 18.1. The lowest BCUT2D eigenvalue weighted by Gasteiger charge is -2.37. The average Bonchev–Trinajstić information content (AvgIpc) is 3.43. The summed E-state index contributed by atoms with van der Waals surface area (Å²) >= 11 is 5.72. The molecule has 0 bridgehead atoms. The van der Waals surface area contributed by atoms with Gasteiger partial charge >= 0.3 is 5.63 Å². The van der Waals surface area contributed by atoms with Crippen molar-refractivity contribution in [3.05, 3.63) is 105 Å². The van der Waals surface area contributed by atoms with Gasteiger partial charge in [-0.3, -0.25) is 9.59 Å². The van der Waals surface area contributed by atoms with Crippen LogP contribution in [0.1, 0.15) is 76.9 Å². The number of hydrogen-bond acceptors (Lipinski definition) is 10. The predicted octanol–water partition coefficient (Wildman–Crippen LogP) is 6.88. The normalized spacial score (nSPS) is 15.6. The first-order valence-electron chi connectivity index (χ1n) is 19.1. The summed E-state index contributed by atoms with van der Waals surface area (Å²) in [4.78, 5) is 46.4. The van der Waals surface area contributed by atoms with Crippen LogP contribution in [0, 0.1) is 11.5 Å². The summed E-state index contributed by atoms with van der Waals surface area (Å²) < 4.78 is 23.6. The lowest BCUT2D eigenvalue weighted by Crippen LogP contribution is -2.42. The van der Waals surface area contributed by atoms with Crippen molar-refractivity contribution in [3.63, 3.8) is 0 Å². The molecule has 3 aromatic carbocycles. The maximum Gasteiger partial charge on any atom is 0.347 e. The zero-order valence-corrected chi connectivity index (χ0v) is 33.1. The molecule has 13 heteroatoms. The van der Waals surface area contributed by atoms with Gasteiger partial charge in [0.15, 0.2) is 6.19 Å². The lowest BCUT2D eigenvalue weighted by atomic mass is 9.79. The largest absolute Gasteiger partial charge is 0.456 e. The van der Waals surface area contributed by atoms with Crippen LogP contribution in [0.3, 0.4) is 0 Å². The fraction of sp³-hybridized carbons (Fsp3) is 0.395. The third-order valence-electron chi connectivity index (χ3n) is 10.2. The van der Waals surface area contributed by atoms with Crippen molar-refractivity contribution >= 4 is 51.5 Å². The van der Waals surface area contributed by atoms with Crippen LogP contribution in [-0.4, -0.2) is 82.8 Å². The van der Waals surface area contributed by atoms with E-state index in [1.165, 1.54) is 0 Å². The number of carbonyl (C=O) groups excluding carboxylic acids is 2. The average molecular weight is 782 g/mol. The summed E-state index contributed by atoms with van der Waals surface area (Å²) in [5.74, 6) is 0.217. The number of carbonyl (C=O) groups is 2. The van der Waals surface area contributed by atoms with Crippen LogP contribution in [0.25, 0.3) is 16.7 Å². The van der Waals surface area contributed by atoms with E-state index in [9.17, 15) is 19.6 Å².